The molecule has 1 N–H and O–H groups in total. The highest BCUT2D eigenvalue weighted by Crippen LogP contribution is 2.16. The minimum Gasteiger partial charge on any atom is -0.477 e. The van der Waals surface area contributed by atoms with Gasteiger partial charge in [0.05, 0.1) is 34.4 Å². The van der Waals surface area contributed by atoms with E-state index in [4.69, 9.17) is 14.2 Å². The second-order valence-electron chi connectivity index (χ2n) is 16.0. The maximum absolute atomic E-state index is 12.7. The summed E-state index contributed by atoms with van der Waals surface area (Å²) >= 11 is 0. The van der Waals surface area contributed by atoms with Crippen molar-refractivity contribution in [3.05, 3.63) is 12.2 Å². The van der Waals surface area contributed by atoms with Crippen molar-refractivity contribution in [2.24, 2.45) is 0 Å². The van der Waals surface area contributed by atoms with Crippen LogP contribution in [0.1, 0.15) is 200 Å². The number of allylic oxidation sites excluding steroid dienone is 2. The van der Waals surface area contributed by atoms with Crippen molar-refractivity contribution in [3.8, 4) is 0 Å². The van der Waals surface area contributed by atoms with Gasteiger partial charge in [0.1, 0.15) is 6.61 Å². The van der Waals surface area contributed by atoms with E-state index in [2.05, 4.69) is 26.0 Å². The monoisotopic (exact) mass is 739 g/mol. The molecule has 0 spiro atoms. The lowest BCUT2D eigenvalue weighted by molar-refractivity contribution is -0.887. The van der Waals surface area contributed by atoms with Gasteiger partial charge in [0.2, 0.25) is 0 Å². The number of esters is 2. The third-order valence-electron chi connectivity index (χ3n) is 9.91. The molecule has 0 saturated heterocycles. The third kappa shape index (κ3) is 33.9. The van der Waals surface area contributed by atoms with E-state index < -0.39 is 18.1 Å². The standard InChI is InChI=1S/C44H83NO7/c1-6-8-10-12-14-16-18-19-20-21-22-23-24-25-27-29-31-33-35-43(47)52-40(38-50-37-36-41(44(48)49)45(3,4)5)39-51-42(46)34-32-30-28-26-17-15-13-11-9-7-2/h13,15,40-41H,6-12,14,16-39H2,1-5H3/p+1/b15-13+. The van der Waals surface area contributed by atoms with Gasteiger partial charge in [0.15, 0.2) is 12.1 Å². The Hall–Kier alpha value is -1.93. The number of aliphatic carboxylic acids is 1. The zero-order valence-electron chi connectivity index (χ0n) is 34.8. The fourth-order valence-corrected chi connectivity index (χ4v) is 6.48. The zero-order chi connectivity index (χ0) is 38.5. The summed E-state index contributed by atoms with van der Waals surface area (Å²) in [6.45, 7) is 4.70. The summed E-state index contributed by atoms with van der Waals surface area (Å²) in [6, 6.07) is -0.611. The molecule has 52 heavy (non-hydrogen) atoms. The summed E-state index contributed by atoms with van der Waals surface area (Å²) in [6.07, 6.45) is 36.8. The van der Waals surface area contributed by atoms with Crippen LogP contribution in [0.4, 0.5) is 0 Å². The largest absolute Gasteiger partial charge is 0.477 e. The quantitative estimate of drug-likeness (QED) is 0.0290. The second kappa shape index (κ2) is 36.1. The molecule has 0 bridgehead atoms. The number of carbonyl (C=O) groups is 3. The number of unbranched alkanes of at least 4 members (excludes halogenated alkanes) is 23. The number of rotatable bonds is 39. The van der Waals surface area contributed by atoms with E-state index in [1.807, 2.05) is 21.1 Å². The molecule has 0 aromatic rings. The van der Waals surface area contributed by atoms with Gasteiger partial charge in [-0.3, -0.25) is 9.59 Å². The summed E-state index contributed by atoms with van der Waals surface area (Å²) in [5.41, 5.74) is 0. The predicted octanol–water partition coefficient (Wildman–Crippen LogP) is 11.5. The molecule has 0 aliphatic carbocycles. The topological polar surface area (TPSA) is 99.1 Å². The number of hydrogen-bond donors (Lipinski definition) is 1. The van der Waals surface area contributed by atoms with Crippen molar-refractivity contribution in [2.45, 2.75) is 212 Å². The van der Waals surface area contributed by atoms with Gasteiger partial charge < -0.3 is 23.8 Å². The number of ether oxygens (including phenoxy) is 3. The van der Waals surface area contributed by atoms with E-state index in [1.54, 1.807) is 0 Å². The molecule has 0 rings (SSSR count). The molecule has 0 saturated carbocycles. The molecule has 2 atom stereocenters. The molecule has 2 unspecified atom stereocenters. The summed E-state index contributed by atoms with van der Waals surface area (Å²) < 4.78 is 17.2. The van der Waals surface area contributed by atoms with Crippen molar-refractivity contribution >= 4 is 17.9 Å². The number of carboxylic acid groups (broad SMARTS) is 1. The lowest BCUT2D eigenvalue weighted by atomic mass is 10.0. The van der Waals surface area contributed by atoms with Crippen molar-refractivity contribution in [3.63, 3.8) is 0 Å². The first kappa shape index (κ1) is 50.1. The van der Waals surface area contributed by atoms with E-state index >= 15 is 0 Å². The van der Waals surface area contributed by atoms with E-state index in [9.17, 15) is 19.5 Å². The van der Waals surface area contributed by atoms with Crippen LogP contribution in [0.2, 0.25) is 0 Å². The second-order valence-corrected chi connectivity index (χ2v) is 16.0. The van der Waals surface area contributed by atoms with Gasteiger partial charge in [-0.05, 0) is 32.1 Å². The van der Waals surface area contributed by atoms with Crippen LogP contribution in [-0.2, 0) is 28.6 Å². The Labute approximate surface area is 320 Å². The van der Waals surface area contributed by atoms with Crippen LogP contribution < -0.4 is 0 Å². The fraction of sp³-hybridized carbons (Fsp3) is 0.886. The molecule has 0 fully saturated rings. The molecule has 0 aromatic carbocycles. The van der Waals surface area contributed by atoms with Crippen molar-refractivity contribution in [1.29, 1.82) is 0 Å². The summed E-state index contributed by atoms with van der Waals surface area (Å²) in [5.74, 6) is -1.47. The lowest BCUT2D eigenvalue weighted by Gasteiger charge is -2.31. The van der Waals surface area contributed by atoms with Gasteiger partial charge in [0.25, 0.3) is 0 Å². The number of quaternary nitrogens is 1. The van der Waals surface area contributed by atoms with Crippen molar-refractivity contribution in [1.82, 2.24) is 0 Å². The molecule has 0 amide bonds. The van der Waals surface area contributed by atoms with Crippen molar-refractivity contribution in [2.75, 3.05) is 41.0 Å². The van der Waals surface area contributed by atoms with E-state index in [0.717, 1.165) is 57.8 Å². The van der Waals surface area contributed by atoms with Gasteiger partial charge in [-0.25, -0.2) is 4.79 Å². The average molecular weight is 739 g/mol. The minimum absolute atomic E-state index is 0.0516. The molecule has 306 valence electrons. The normalized spacial score (nSPS) is 13.0. The molecular formula is C44H84NO7+. The Balaban J connectivity index is 4.28. The number of likely N-dealkylation sites (N-methyl/N-ethyl adjacent to an activating group) is 1. The predicted molar refractivity (Wildman–Crippen MR) is 215 cm³/mol. The van der Waals surface area contributed by atoms with Gasteiger partial charge >= 0.3 is 17.9 Å². The van der Waals surface area contributed by atoms with Gasteiger partial charge in [0, 0.05) is 19.3 Å². The Morgan fingerprint density at radius 1 is 0.558 bits per heavy atom. The summed E-state index contributed by atoms with van der Waals surface area (Å²) in [5, 5.41) is 9.60. The highest BCUT2D eigenvalue weighted by Gasteiger charge is 2.31. The lowest BCUT2D eigenvalue weighted by Crippen LogP contribution is -2.50. The molecule has 0 radical (unpaired) electrons. The Morgan fingerprint density at radius 2 is 0.981 bits per heavy atom. The van der Waals surface area contributed by atoms with Crippen molar-refractivity contribution < 1.29 is 38.2 Å². The summed E-state index contributed by atoms with van der Waals surface area (Å²) in [4.78, 5) is 36.8. The van der Waals surface area contributed by atoms with Crippen LogP contribution >= 0.6 is 0 Å². The Kier molecular flexibility index (Phi) is 34.7. The van der Waals surface area contributed by atoms with E-state index in [-0.39, 0.29) is 36.2 Å². The SMILES string of the molecule is CCCC/C=C/CCCCCCC(=O)OCC(COCCC(C(=O)O)[N+](C)(C)C)OC(=O)CCCCCCCCCCCCCCCCCCCC. The maximum atomic E-state index is 12.7. The first-order valence-electron chi connectivity index (χ1n) is 21.7. The maximum Gasteiger partial charge on any atom is 0.362 e. The number of nitrogens with zero attached hydrogens (tertiary/aromatic N) is 1. The van der Waals surface area contributed by atoms with Gasteiger partial charge in [-0.1, -0.05) is 161 Å². The van der Waals surface area contributed by atoms with Gasteiger partial charge in [-0.2, -0.15) is 0 Å². The summed E-state index contributed by atoms with van der Waals surface area (Å²) in [7, 11) is 5.53. The van der Waals surface area contributed by atoms with Crippen LogP contribution in [0.5, 0.6) is 0 Å². The molecular weight excluding hydrogens is 654 g/mol. The van der Waals surface area contributed by atoms with Crippen LogP contribution in [0.25, 0.3) is 0 Å². The smallest absolute Gasteiger partial charge is 0.362 e. The third-order valence-corrected chi connectivity index (χ3v) is 9.91. The average Bonchev–Trinajstić information content (AvgIpc) is 3.09. The highest BCUT2D eigenvalue weighted by molar-refractivity contribution is 5.72. The molecule has 0 aliphatic heterocycles. The first-order chi connectivity index (χ1) is 25.1. The Morgan fingerprint density at radius 3 is 1.44 bits per heavy atom. The number of hydrogen-bond acceptors (Lipinski definition) is 6. The first-order valence-corrected chi connectivity index (χ1v) is 21.7. The zero-order valence-corrected chi connectivity index (χ0v) is 34.8. The van der Waals surface area contributed by atoms with Crippen LogP contribution in [0.15, 0.2) is 12.2 Å². The molecule has 0 aliphatic rings. The number of carboxylic acids is 1. The number of carbonyl (C=O) groups excluding carboxylic acids is 2. The van der Waals surface area contributed by atoms with E-state index in [0.29, 0.717) is 19.3 Å². The fourth-order valence-electron chi connectivity index (χ4n) is 6.48. The van der Waals surface area contributed by atoms with Crippen LogP contribution in [0.3, 0.4) is 0 Å². The molecule has 8 nitrogen and oxygen atoms in total. The molecule has 0 heterocycles. The van der Waals surface area contributed by atoms with Gasteiger partial charge in [-0.15, -0.1) is 0 Å². The van der Waals surface area contributed by atoms with Crippen LogP contribution in [0, 0.1) is 0 Å². The van der Waals surface area contributed by atoms with E-state index in [1.165, 1.54) is 109 Å². The van der Waals surface area contributed by atoms with Crippen LogP contribution in [-0.4, -0.2) is 80.6 Å². The minimum atomic E-state index is -0.874. The Bertz CT molecular complexity index is 869. The highest BCUT2D eigenvalue weighted by atomic mass is 16.6. The molecule has 8 heteroatoms. The molecule has 0 aromatic heterocycles.